The normalized spacial score (nSPS) is 22.1. The summed E-state index contributed by atoms with van der Waals surface area (Å²) in [5.41, 5.74) is 5.90. The highest BCUT2D eigenvalue weighted by Gasteiger charge is 2.24. The van der Waals surface area contributed by atoms with Gasteiger partial charge in [0.05, 0.1) is 6.54 Å². The number of rotatable bonds is 4. The van der Waals surface area contributed by atoms with Crippen molar-refractivity contribution in [2.45, 2.75) is 45.7 Å². The first-order chi connectivity index (χ1) is 8.88. The van der Waals surface area contributed by atoms with E-state index >= 15 is 0 Å². The molecule has 4 N–H and O–H groups in total. The van der Waals surface area contributed by atoms with Crippen molar-refractivity contribution >= 4 is 11.9 Å². The van der Waals surface area contributed by atoms with E-state index in [0.717, 1.165) is 25.9 Å². The van der Waals surface area contributed by atoms with Crippen LogP contribution in [0.15, 0.2) is 0 Å². The van der Waals surface area contributed by atoms with Crippen molar-refractivity contribution < 1.29 is 9.59 Å². The van der Waals surface area contributed by atoms with E-state index in [4.69, 9.17) is 5.73 Å². The predicted octanol–water partition coefficient (Wildman–Crippen LogP) is 0.280. The number of piperidine rings is 1. The second-order valence-corrected chi connectivity index (χ2v) is 5.67. The van der Waals surface area contributed by atoms with Crippen LogP contribution in [0, 0.1) is 5.92 Å². The minimum atomic E-state index is -0.430. The van der Waals surface area contributed by atoms with Crippen LogP contribution in [0.5, 0.6) is 0 Å². The minimum Gasteiger partial charge on any atom is -0.336 e. The van der Waals surface area contributed by atoms with Crippen LogP contribution in [0.1, 0.15) is 33.6 Å². The molecule has 0 aromatic heterocycles. The zero-order valence-corrected chi connectivity index (χ0v) is 12.1. The van der Waals surface area contributed by atoms with Gasteiger partial charge in [0, 0.05) is 18.6 Å². The fraction of sp³-hybridized carbons (Fsp3) is 0.846. The molecule has 0 aromatic carbocycles. The molecule has 1 heterocycles. The first kappa shape index (κ1) is 15.9. The summed E-state index contributed by atoms with van der Waals surface area (Å²) in [6.07, 6.45) is 2.17. The molecule has 0 radical (unpaired) electrons. The molecular weight excluding hydrogens is 244 g/mol. The van der Waals surface area contributed by atoms with E-state index in [-0.39, 0.29) is 24.5 Å². The van der Waals surface area contributed by atoms with Gasteiger partial charge in [0.25, 0.3) is 0 Å². The van der Waals surface area contributed by atoms with E-state index in [1.807, 2.05) is 20.8 Å². The molecule has 1 rings (SSSR count). The summed E-state index contributed by atoms with van der Waals surface area (Å²) in [6.45, 7) is 7.68. The van der Waals surface area contributed by atoms with Gasteiger partial charge in [-0.3, -0.25) is 15.0 Å². The molecule has 3 amide bonds. The fourth-order valence-corrected chi connectivity index (χ4v) is 2.33. The molecule has 2 unspecified atom stereocenters. The number of nitrogens with zero attached hydrogens (tertiary/aromatic N) is 1. The van der Waals surface area contributed by atoms with E-state index in [9.17, 15) is 9.59 Å². The van der Waals surface area contributed by atoms with Gasteiger partial charge in [-0.15, -0.1) is 0 Å². The van der Waals surface area contributed by atoms with E-state index in [2.05, 4.69) is 15.5 Å². The molecule has 6 heteroatoms. The molecule has 0 bridgehead atoms. The number of hydrogen-bond acceptors (Lipinski definition) is 4. The number of nitrogens with two attached hydrogens (primary N) is 1. The van der Waals surface area contributed by atoms with Crippen molar-refractivity contribution in [1.29, 1.82) is 0 Å². The lowest BCUT2D eigenvalue weighted by atomic mass is 9.92. The first-order valence-corrected chi connectivity index (χ1v) is 6.96. The van der Waals surface area contributed by atoms with Gasteiger partial charge in [-0.2, -0.15) is 0 Å². The van der Waals surface area contributed by atoms with Crippen LogP contribution in [0.25, 0.3) is 0 Å². The van der Waals surface area contributed by atoms with E-state index < -0.39 is 6.03 Å². The third-order valence-electron chi connectivity index (χ3n) is 3.33. The Kier molecular flexibility index (Phi) is 6.24. The number of amides is 3. The molecule has 0 saturated carbocycles. The summed E-state index contributed by atoms with van der Waals surface area (Å²) in [5, 5.41) is 4.97. The standard InChI is InChI=1S/C13H26N4O2/c1-9(2)15-13(19)16-12(18)8-17-6-4-5-11(7-17)10(3)14/h9-11H,4-8,14H2,1-3H3,(H2,15,16,18,19). The summed E-state index contributed by atoms with van der Waals surface area (Å²) in [7, 11) is 0. The van der Waals surface area contributed by atoms with Gasteiger partial charge in [-0.1, -0.05) is 0 Å². The number of hydrogen-bond donors (Lipinski definition) is 3. The minimum absolute atomic E-state index is 0.0188. The molecule has 19 heavy (non-hydrogen) atoms. The van der Waals surface area contributed by atoms with E-state index in [0.29, 0.717) is 5.92 Å². The van der Waals surface area contributed by atoms with Gasteiger partial charge >= 0.3 is 6.03 Å². The Hall–Kier alpha value is -1.14. The maximum Gasteiger partial charge on any atom is 0.321 e. The maximum atomic E-state index is 11.7. The van der Waals surface area contributed by atoms with Crippen LogP contribution in [0.2, 0.25) is 0 Å². The molecule has 0 spiro atoms. The lowest BCUT2D eigenvalue weighted by molar-refractivity contribution is -0.121. The molecule has 0 aromatic rings. The predicted molar refractivity (Wildman–Crippen MR) is 74.6 cm³/mol. The van der Waals surface area contributed by atoms with Crippen molar-refractivity contribution in [2.24, 2.45) is 11.7 Å². The zero-order chi connectivity index (χ0) is 14.4. The van der Waals surface area contributed by atoms with Crippen LogP contribution < -0.4 is 16.4 Å². The molecule has 1 aliphatic rings. The van der Waals surface area contributed by atoms with Crippen LogP contribution in [0.4, 0.5) is 4.79 Å². The summed E-state index contributed by atoms with van der Waals surface area (Å²) in [6, 6.07) is -0.263. The topological polar surface area (TPSA) is 87.5 Å². The molecule has 2 atom stereocenters. The Morgan fingerprint density at radius 1 is 1.37 bits per heavy atom. The van der Waals surface area contributed by atoms with E-state index in [1.165, 1.54) is 0 Å². The van der Waals surface area contributed by atoms with Crippen molar-refractivity contribution in [1.82, 2.24) is 15.5 Å². The van der Waals surface area contributed by atoms with Gasteiger partial charge in [0.15, 0.2) is 0 Å². The maximum absolute atomic E-state index is 11.7. The third-order valence-corrected chi connectivity index (χ3v) is 3.33. The van der Waals surface area contributed by atoms with Crippen LogP contribution in [0.3, 0.4) is 0 Å². The Bertz CT molecular complexity index is 318. The highest BCUT2D eigenvalue weighted by atomic mass is 16.2. The van der Waals surface area contributed by atoms with Crippen LogP contribution in [-0.2, 0) is 4.79 Å². The first-order valence-electron chi connectivity index (χ1n) is 6.96. The summed E-state index contributed by atoms with van der Waals surface area (Å²) in [4.78, 5) is 25.2. The number of carbonyl (C=O) groups excluding carboxylic acids is 2. The molecule has 0 aliphatic carbocycles. The quantitative estimate of drug-likeness (QED) is 0.685. The van der Waals surface area contributed by atoms with Crippen LogP contribution >= 0.6 is 0 Å². The number of imide groups is 1. The van der Waals surface area contributed by atoms with Crippen molar-refractivity contribution in [3.05, 3.63) is 0 Å². The summed E-state index contributed by atoms with van der Waals surface area (Å²) in [5.74, 6) is 0.175. The SMILES string of the molecule is CC(C)NC(=O)NC(=O)CN1CCCC(C(C)N)C1. The summed E-state index contributed by atoms with van der Waals surface area (Å²) >= 11 is 0. The number of carbonyl (C=O) groups is 2. The van der Waals surface area contributed by atoms with Gasteiger partial charge in [-0.25, -0.2) is 4.79 Å². The van der Waals surface area contributed by atoms with Crippen LogP contribution in [-0.4, -0.2) is 48.6 Å². The molecule has 1 saturated heterocycles. The highest BCUT2D eigenvalue weighted by Crippen LogP contribution is 2.18. The lowest BCUT2D eigenvalue weighted by Gasteiger charge is -2.34. The number of likely N-dealkylation sites (tertiary alicyclic amines) is 1. The average molecular weight is 270 g/mol. The van der Waals surface area contributed by atoms with Gasteiger partial charge in [-0.05, 0) is 46.1 Å². The second-order valence-electron chi connectivity index (χ2n) is 5.67. The molecule has 1 fully saturated rings. The number of urea groups is 1. The van der Waals surface area contributed by atoms with E-state index in [1.54, 1.807) is 0 Å². The second kappa shape index (κ2) is 7.45. The van der Waals surface area contributed by atoms with Crippen molar-refractivity contribution in [3.8, 4) is 0 Å². The Morgan fingerprint density at radius 2 is 2.05 bits per heavy atom. The number of nitrogens with one attached hydrogen (secondary N) is 2. The molecular formula is C13H26N4O2. The highest BCUT2D eigenvalue weighted by molar-refractivity contribution is 5.95. The lowest BCUT2D eigenvalue weighted by Crippen LogP contribution is -2.49. The van der Waals surface area contributed by atoms with Crippen molar-refractivity contribution in [3.63, 3.8) is 0 Å². The fourth-order valence-electron chi connectivity index (χ4n) is 2.33. The van der Waals surface area contributed by atoms with Crippen molar-refractivity contribution in [2.75, 3.05) is 19.6 Å². The molecule has 1 aliphatic heterocycles. The summed E-state index contributed by atoms with van der Waals surface area (Å²) < 4.78 is 0. The Morgan fingerprint density at radius 3 is 2.63 bits per heavy atom. The Labute approximate surface area is 115 Å². The van der Waals surface area contributed by atoms with Gasteiger partial charge < -0.3 is 11.1 Å². The van der Waals surface area contributed by atoms with Gasteiger partial charge in [0.2, 0.25) is 5.91 Å². The Balaban J connectivity index is 2.33. The third kappa shape index (κ3) is 6.02. The molecule has 110 valence electrons. The average Bonchev–Trinajstić information content (AvgIpc) is 2.27. The smallest absolute Gasteiger partial charge is 0.321 e. The largest absolute Gasteiger partial charge is 0.336 e. The molecule has 6 nitrogen and oxygen atoms in total. The monoisotopic (exact) mass is 270 g/mol. The van der Waals surface area contributed by atoms with Gasteiger partial charge in [0.1, 0.15) is 0 Å². The zero-order valence-electron chi connectivity index (χ0n) is 12.1.